The quantitative estimate of drug-likeness (QED) is 0.807. The molecule has 16 heavy (non-hydrogen) atoms. The van der Waals surface area contributed by atoms with Crippen LogP contribution in [0.2, 0.25) is 0 Å². The van der Waals surface area contributed by atoms with Gasteiger partial charge in [-0.25, -0.2) is 0 Å². The average molecular weight is 240 g/mol. The summed E-state index contributed by atoms with van der Waals surface area (Å²) in [7, 11) is 0. The summed E-state index contributed by atoms with van der Waals surface area (Å²) in [6.07, 6.45) is -3.58. The summed E-state index contributed by atoms with van der Waals surface area (Å²) in [5, 5.41) is 3.31. The van der Waals surface area contributed by atoms with Gasteiger partial charge in [-0.3, -0.25) is 9.64 Å². The predicted octanol–water partition coefficient (Wildman–Crippen LogP) is 1.60. The Morgan fingerprint density at radius 3 is 2.69 bits per heavy atom. The second-order valence-electron chi connectivity index (χ2n) is 4.16. The number of piperazine rings is 1. The van der Waals surface area contributed by atoms with E-state index in [4.69, 9.17) is 0 Å². The second-order valence-corrected chi connectivity index (χ2v) is 4.16. The highest BCUT2D eigenvalue weighted by Gasteiger charge is 2.30. The molecule has 0 radical (unpaired) electrons. The number of ether oxygens (including phenoxy) is 1. The molecule has 3 nitrogen and oxygen atoms in total. The van der Waals surface area contributed by atoms with Crippen molar-refractivity contribution in [1.82, 2.24) is 10.2 Å². The molecule has 2 atom stereocenters. The molecule has 2 unspecified atom stereocenters. The zero-order chi connectivity index (χ0) is 12.2. The van der Waals surface area contributed by atoms with Gasteiger partial charge in [-0.15, -0.1) is 13.2 Å². The highest BCUT2D eigenvalue weighted by molar-refractivity contribution is 4.83. The highest BCUT2D eigenvalue weighted by atomic mass is 19.4. The van der Waals surface area contributed by atoms with Gasteiger partial charge in [0, 0.05) is 31.7 Å². The van der Waals surface area contributed by atoms with Crippen molar-refractivity contribution in [3.8, 4) is 0 Å². The van der Waals surface area contributed by atoms with Crippen molar-refractivity contribution in [2.24, 2.45) is 0 Å². The monoisotopic (exact) mass is 240 g/mol. The molecule has 1 rings (SSSR count). The Bertz CT molecular complexity index is 211. The van der Waals surface area contributed by atoms with Crippen LogP contribution >= 0.6 is 0 Å². The summed E-state index contributed by atoms with van der Waals surface area (Å²) in [6, 6.07) is 0.640. The molecule has 6 heteroatoms. The molecule has 0 amide bonds. The second kappa shape index (κ2) is 5.84. The number of nitrogens with zero attached hydrogens (tertiary/aromatic N) is 1. The molecule has 0 aromatic carbocycles. The van der Waals surface area contributed by atoms with E-state index in [2.05, 4.69) is 15.0 Å². The van der Waals surface area contributed by atoms with Crippen molar-refractivity contribution in [1.29, 1.82) is 0 Å². The predicted molar refractivity (Wildman–Crippen MR) is 55.1 cm³/mol. The standard InChI is InChI=1S/C10H19F3N2O/c1-3-9-6-14-8(2)7-15(9)4-5-16-10(11,12)13/h8-9,14H,3-7H2,1-2H3. The third kappa shape index (κ3) is 4.67. The van der Waals surface area contributed by atoms with E-state index in [-0.39, 0.29) is 6.61 Å². The van der Waals surface area contributed by atoms with E-state index >= 15 is 0 Å². The third-order valence-corrected chi connectivity index (χ3v) is 2.84. The maximum atomic E-state index is 11.8. The van der Waals surface area contributed by atoms with Crippen molar-refractivity contribution >= 4 is 0 Å². The molecule has 1 N–H and O–H groups in total. The summed E-state index contributed by atoms with van der Waals surface area (Å²) in [6.45, 7) is 5.74. The summed E-state index contributed by atoms with van der Waals surface area (Å²) < 4.78 is 39.2. The number of hydrogen-bond acceptors (Lipinski definition) is 3. The lowest BCUT2D eigenvalue weighted by molar-refractivity contribution is -0.325. The van der Waals surface area contributed by atoms with Gasteiger partial charge in [0.1, 0.15) is 0 Å². The van der Waals surface area contributed by atoms with Gasteiger partial charge in [-0.2, -0.15) is 0 Å². The number of hydrogen-bond donors (Lipinski definition) is 1. The van der Waals surface area contributed by atoms with Crippen molar-refractivity contribution in [2.45, 2.75) is 38.7 Å². The number of nitrogens with one attached hydrogen (secondary N) is 1. The van der Waals surface area contributed by atoms with Crippen LogP contribution in [0.1, 0.15) is 20.3 Å². The minimum Gasteiger partial charge on any atom is -0.311 e. The Hall–Kier alpha value is -0.330. The Kier molecular flexibility index (Phi) is 5.01. The van der Waals surface area contributed by atoms with Crippen LogP contribution in [0.4, 0.5) is 13.2 Å². The molecular formula is C10H19F3N2O. The molecule has 1 saturated heterocycles. The fourth-order valence-corrected chi connectivity index (χ4v) is 1.99. The zero-order valence-corrected chi connectivity index (χ0v) is 9.68. The molecule has 0 aromatic heterocycles. The van der Waals surface area contributed by atoms with Crippen LogP contribution in [0.25, 0.3) is 0 Å². The van der Waals surface area contributed by atoms with Crippen LogP contribution in [0, 0.1) is 0 Å². The van der Waals surface area contributed by atoms with Gasteiger partial charge in [-0.1, -0.05) is 6.92 Å². The van der Waals surface area contributed by atoms with Gasteiger partial charge in [0.15, 0.2) is 0 Å². The average Bonchev–Trinajstić information content (AvgIpc) is 2.16. The van der Waals surface area contributed by atoms with E-state index in [0.717, 1.165) is 19.5 Å². The van der Waals surface area contributed by atoms with E-state index in [9.17, 15) is 13.2 Å². The van der Waals surface area contributed by atoms with Crippen molar-refractivity contribution in [3.63, 3.8) is 0 Å². The van der Waals surface area contributed by atoms with Gasteiger partial charge in [-0.05, 0) is 13.3 Å². The Morgan fingerprint density at radius 1 is 1.44 bits per heavy atom. The molecule has 0 saturated carbocycles. The molecule has 0 bridgehead atoms. The lowest BCUT2D eigenvalue weighted by atomic mass is 10.1. The molecule has 0 spiro atoms. The first kappa shape index (κ1) is 13.7. The van der Waals surface area contributed by atoms with E-state index in [1.165, 1.54) is 0 Å². The van der Waals surface area contributed by atoms with Crippen LogP contribution in [0.15, 0.2) is 0 Å². The lowest BCUT2D eigenvalue weighted by Crippen LogP contribution is -2.56. The third-order valence-electron chi connectivity index (χ3n) is 2.84. The Labute approximate surface area is 93.9 Å². The van der Waals surface area contributed by atoms with Crippen LogP contribution < -0.4 is 5.32 Å². The number of alkyl halides is 3. The molecule has 1 aliphatic heterocycles. The molecular weight excluding hydrogens is 221 g/mol. The van der Waals surface area contributed by atoms with E-state index in [1.807, 2.05) is 13.8 Å². The van der Waals surface area contributed by atoms with Gasteiger partial charge in [0.05, 0.1) is 6.61 Å². The SMILES string of the molecule is CCC1CNC(C)CN1CCOC(F)(F)F. The molecule has 1 fully saturated rings. The highest BCUT2D eigenvalue weighted by Crippen LogP contribution is 2.16. The van der Waals surface area contributed by atoms with E-state index in [0.29, 0.717) is 18.6 Å². The fraction of sp³-hybridized carbons (Fsp3) is 1.00. The van der Waals surface area contributed by atoms with Gasteiger partial charge < -0.3 is 5.32 Å². The first-order valence-electron chi connectivity index (χ1n) is 5.60. The molecule has 0 aliphatic carbocycles. The van der Waals surface area contributed by atoms with Gasteiger partial charge in [0.25, 0.3) is 0 Å². The summed E-state index contributed by atoms with van der Waals surface area (Å²) in [5.41, 5.74) is 0. The van der Waals surface area contributed by atoms with Gasteiger partial charge >= 0.3 is 6.36 Å². The summed E-state index contributed by atoms with van der Waals surface area (Å²) in [5.74, 6) is 0. The zero-order valence-electron chi connectivity index (χ0n) is 9.68. The van der Waals surface area contributed by atoms with Gasteiger partial charge in [0.2, 0.25) is 0 Å². The first-order chi connectivity index (χ1) is 7.42. The molecule has 0 aromatic rings. The number of rotatable bonds is 4. The maximum Gasteiger partial charge on any atom is 0.522 e. The Morgan fingerprint density at radius 2 is 2.12 bits per heavy atom. The van der Waals surface area contributed by atoms with Crippen LogP contribution in [-0.4, -0.2) is 49.6 Å². The minimum atomic E-state index is -4.51. The maximum absolute atomic E-state index is 11.8. The normalized spacial score (nSPS) is 28.3. The largest absolute Gasteiger partial charge is 0.522 e. The smallest absolute Gasteiger partial charge is 0.311 e. The van der Waals surface area contributed by atoms with E-state index in [1.54, 1.807) is 0 Å². The minimum absolute atomic E-state index is 0.285. The van der Waals surface area contributed by atoms with Crippen LogP contribution in [-0.2, 0) is 4.74 Å². The fourth-order valence-electron chi connectivity index (χ4n) is 1.99. The summed E-state index contributed by atoms with van der Waals surface area (Å²) in [4.78, 5) is 2.06. The van der Waals surface area contributed by atoms with Crippen molar-refractivity contribution < 1.29 is 17.9 Å². The van der Waals surface area contributed by atoms with E-state index < -0.39 is 6.36 Å². The molecule has 96 valence electrons. The molecule has 1 aliphatic rings. The lowest BCUT2D eigenvalue weighted by Gasteiger charge is -2.38. The van der Waals surface area contributed by atoms with Crippen molar-refractivity contribution in [2.75, 3.05) is 26.2 Å². The van der Waals surface area contributed by atoms with Crippen molar-refractivity contribution in [3.05, 3.63) is 0 Å². The number of halogens is 3. The van der Waals surface area contributed by atoms with Crippen LogP contribution in [0.3, 0.4) is 0 Å². The topological polar surface area (TPSA) is 24.5 Å². The summed E-state index contributed by atoms with van der Waals surface area (Å²) >= 11 is 0. The first-order valence-corrected chi connectivity index (χ1v) is 5.60. The van der Waals surface area contributed by atoms with Crippen LogP contribution in [0.5, 0.6) is 0 Å². The Balaban J connectivity index is 2.32. The molecule has 1 heterocycles.